The van der Waals surface area contributed by atoms with Crippen molar-refractivity contribution in [3.63, 3.8) is 0 Å². The molecule has 2 fully saturated rings. The van der Waals surface area contributed by atoms with E-state index >= 15 is 0 Å². The van der Waals surface area contributed by atoms with Gasteiger partial charge in [-0.1, -0.05) is 24.6 Å². The number of anilines is 1. The number of rotatable bonds is 28. The van der Waals surface area contributed by atoms with E-state index in [1.165, 1.54) is 59.5 Å². The van der Waals surface area contributed by atoms with E-state index in [-0.39, 0.29) is 79.7 Å². The Bertz CT molecular complexity index is 2330. The van der Waals surface area contributed by atoms with E-state index in [4.69, 9.17) is 17.2 Å². The number of aliphatic hydroxyl groups excluding tert-OH is 1. The van der Waals surface area contributed by atoms with E-state index in [1.807, 2.05) is 0 Å². The Kier molecular flexibility index (Phi) is 22.5. The Hall–Kier alpha value is -6.77. The van der Waals surface area contributed by atoms with Crippen LogP contribution in [0.15, 0.2) is 57.6 Å². The second-order valence-electron chi connectivity index (χ2n) is 17.2. The summed E-state index contributed by atoms with van der Waals surface area (Å²) in [6.45, 7) is 2.51. The number of hydrogen-bond donors (Lipinski definition) is 11. The Morgan fingerprint density at radius 1 is 0.873 bits per heavy atom. The Morgan fingerprint density at radius 3 is 2.24 bits per heavy atom. The van der Waals surface area contributed by atoms with Gasteiger partial charge >= 0.3 is 5.97 Å². The third-order valence-corrected chi connectivity index (χ3v) is 12.8. The highest BCUT2D eigenvalue weighted by Crippen LogP contribution is 2.27. The molecule has 0 saturated carbocycles. The van der Waals surface area contributed by atoms with Crippen LogP contribution in [-0.2, 0) is 38.9 Å². The van der Waals surface area contributed by atoms with E-state index in [0.29, 0.717) is 64.3 Å². The first kappa shape index (κ1) is 56.8. The number of amides is 6. The number of aliphatic hydroxyl groups is 1. The number of nitrogens with two attached hydrogens (primary N) is 3. The monoisotopic (exact) mass is 1010 g/mol. The minimum absolute atomic E-state index is 0.00492. The maximum atomic E-state index is 14.2. The number of guanidine groups is 1. The number of aliphatic imine (C=N–C) groups is 1. The zero-order valence-electron chi connectivity index (χ0n) is 39.7. The SMILES string of the molecule is CC(O)C(NC(=O)CCCCCNC(=O)c1ccc(N/N=C/c2ccccc2S(=O)(=O)O)nc1)C(=O)NC(CCCCN)C(=O)N1CCCC1C(=O)N1CCCC1C(=O)NC(CCCN=C(N)N)C(=O)O. The van der Waals surface area contributed by atoms with Gasteiger partial charge in [-0.05, 0) is 102 Å². The Balaban J connectivity index is 1.25. The molecule has 1 aromatic heterocycles. The second-order valence-corrected chi connectivity index (χ2v) is 18.6. The summed E-state index contributed by atoms with van der Waals surface area (Å²) in [4.78, 5) is 103. The molecule has 71 heavy (non-hydrogen) atoms. The van der Waals surface area contributed by atoms with Crippen LogP contribution in [0.1, 0.15) is 106 Å². The van der Waals surface area contributed by atoms with Crippen LogP contribution in [0.4, 0.5) is 5.82 Å². The molecule has 6 amide bonds. The number of carbonyl (C=O) groups excluding carboxylic acids is 6. The zero-order chi connectivity index (χ0) is 52.1. The van der Waals surface area contributed by atoms with Crippen LogP contribution in [0.25, 0.3) is 0 Å². The smallest absolute Gasteiger partial charge is 0.326 e. The number of benzene rings is 1. The first-order chi connectivity index (χ1) is 33.8. The molecule has 4 rings (SSSR count). The number of hydrogen-bond acceptors (Lipinski definition) is 15. The molecular formula is C45H67N13O12S. The van der Waals surface area contributed by atoms with Gasteiger partial charge in [0.05, 0.1) is 17.9 Å². The maximum Gasteiger partial charge on any atom is 0.326 e. The minimum atomic E-state index is -4.45. The molecule has 0 radical (unpaired) electrons. The lowest BCUT2D eigenvalue weighted by atomic mass is 10.0. The maximum absolute atomic E-state index is 14.2. The van der Waals surface area contributed by atoms with Crippen molar-refractivity contribution in [2.45, 2.75) is 132 Å². The molecular weight excluding hydrogens is 947 g/mol. The van der Waals surface area contributed by atoms with E-state index in [0.717, 1.165) is 0 Å². The van der Waals surface area contributed by atoms with Crippen LogP contribution in [0.5, 0.6) is 0 Å². The fourth-order valence-corrected chi connectivity index (χ4v) is 8.82. The average Bonchev–Trinajstić information content (AvgIpc) is 4.03. The van der Waals surface area contributed by atoms with Crippen LogP contribution >= 0.6 is 0 Å². The van der Waals surface area contributed by atoms with E-state index in [2.05, 4.69) is 41.8 Å². The first-order valence-corrected chi connectivity index (χ1v) is 25.0. The fourth-order valence-electron chi connectivity index (χ4n) is 8.15. The number of hydrazone groups is 1. The van der Waals surface area contributed by atoms with Gasteiger partial charge in [-0.2, -0.15) is 13.5 Å². The summed E-state index contributed by atoms with van der Waals surface area (Å²) in [7, 11) is -4.45. The molecule has 0 aliphatic carbocycles. The summed E-state index contributed by atoms with van der Waals surface area (Å²) in [5.74, 6) is -4.51. The van der Waals surface area contributed by atoms with E-state index in [9.17, 15) is 56.7 Å². The topological polar surface area (TPSA) is 397 Å². The molecule has 14 N–H and O–H groups in total. The van der Waals surface area contributed by atoms with Crippen molar-refractivity contribution in [1.29, 1.82) is 0 Å². The van der Waals surface area contributed by atoms with Gasteiger partial charge in [-0.15, -0.1) is 0 Å². The molecule has 390 valence electrons. The van der Waals surface area contributed by atoms with Gasteiger partial charge in [-0.25, -0.2) is 9.78 Å². The largest absolute Gasteiger partial charge is 0.480 e. The zero-order valence-corrected chi connectivity index (χ0v) is 40.5. The summed E-state index contributed by atoms with van der Waals surface area (Å²) in [5, 5.41) is 34.8. The third kappa shape index (κ3) is 17.9. The lowest BCUT2D eigenvalue weighted by molar-refractivity contribution is -0.149. The molecule has 6 unspecified atom stereocenters. The number of unbranched alkanes of at least 4 members (excludes halogenated alkanes) is 3. The third-order valence-electron chi connectivity index (χ3n) is 11.8. The van der Waals surface area contributed by atoms with Gasteiger partial charge in [-0.3, -0.25) is 43.7 Å². The second kappa shape index (κ2) is 28.2. The van der Waals surface area contributed by atoms with E-state index in [1.54, 1.807) is 6.07 Å². The lowest BCUT2D eigenvalue weighted by Crippen LogP contribution is -2.59. The van der Waals surface area contributed by atoms with Crippen molar-refractivity contribution in [3.05, 3.63) is 53.7 Å². The predicted octanol–water partition coefficient (Wildman–Crippen LogP) is -0.851. The molecule has 0 spiro atoms. The molecule has 2 aromatic rings. The summed E-state index contributed by atoms with van der Waals surface area (Å²) in [6, 6.07) is 3.01. The normalized spacial score (nSPS) is 17.4. The number of carbonyl (C=O) groups is 7. The molecule has 25 nitrogen and oxygen atoms in total. The molecule has 2 aliphatic rings. The van der Waals surface area contributed by atoms with Crippen LogP contribution in [-0.4, -0.2) is 161 Å². The van der Waals surface area contributed by atoms with Crippen LogP contribution < -0.4 is 43.9 Å². The summed E-state index contributed by atoms with van der Waals surface area (Å²) in [5.41, 5.74) is 19.4. The number of carboxylic acid groups (broad SMARTS) is 1. The highest BCUT2D eigenvalue weighted by Gasteiger charge is 2.44. The van der Waals surface area contributed by atoms with Gasteiger partial charge < -0.3 is 58.5 Å². The van der Waals surface area contributed by atoms with Gasteiger partial charge in [0.1, 0.15) is 40.9 Å². The van der Waals surface area contributed by atoms with Gasteiger partial charge in [0.15, 0.2) is 5.96 Å². The fraction of sp³-hybridized carbons (Fsp3) is 0.556. The summed E-state index contributed by atoms with van der Waals surface area (Å²) < 4.78 is 32.5. The van der Waals surface area contributed by atoms with Crippen LogP contribution in [0.2, 0.25) is 0 Å². The van der Waals surface area contributed by atoms with Gasteiger partial charge in [0.25, 0.3) is 16.0 Å². The lowest BCUT2D eigenvalue weighted by Gasteiger charge is -2.33. The highest BCUT2D eigenvalue weighted by molar-refractivity contribution is 7.86. The van der Waals surface area contributed by atoms with Crippen molar-refractivity contribution < 1.29 is 56.7 Å². The predicted molar refractivity (Wildman–Crippen MR) is 260 cm³/mol. The number of nitrogens with one attached hydrogen (secondary N) is 5. The van der Waals surface area contributed by atoms with Crippen molar-refractivity contribution in [1.82, 2.24) is 36.1 Å². The molecule has 2 saturated heterocycles. The van der Waals surface area contributed by atoms with Crippen molar-refractivity contribution in [2.24, 2.45) is 27.3 Å². The quantitative estimate of drug-likeness (QED) is 0.0163. The molecule has 0 bridgehead atoms. The van der Waals surface area contributed by atoms with Crippen LogP contribution in [0, 0.1) is 0 Å². The summed E-state index contributed by atoms with van der Waals surface area (Å²) in [6.07, 6.45) is 5.57. The number of carboxylic acids is 1. The minimum Gasteiger partial charge on any atom is -0.480 e. The average molecular weight is 1010 g/mol. The molecule has 3 heterocycles. The van der Waals surface area contributed by atoms with Crippen LogP contribution in [0.3, 0.4) is 0 Å². The molecule has 6 atom stereocenters. The number of likely N-dealkylation sites (tertiary alicyclic amines) is 2. The first-order valence-electron chi connectivity index (χ1n) is 23.6. The van der Waals surface area contributed by atoms with Gasteiger partial charge in [0.2, 0.25) is 29.5 Å². The molecule has 2 aliphatic heterocycles. The molecule has 1 aromatic carbocycles. The number of nitrogens with zero attached hydrogens (tertiary/aromatic N) is 5. The summed E-state index contributed by atoms with van der Waals surface area (Å²) >= 11 is 0. The van der Waals surface area contributed by atoms with Crippen molar-refractivity contribution in [3.8, 4) is 0 Å². The number of aliphatic carboxylic acids is 1. The van der Waals surface area contributed by atoms with Crippen molar-refractivity contribution >= 4 is 69.5 Å². The van der Waals surface area contributed by atoms with E-state index < -0.39 is 87.8 Å². The van der Waals surface area contributed by atoms with Gasteiger partial charge in [0, 0.05) is 44.4 Å². The Morgan fingerprint density at radius 2 is 1.58 bits per heavy atom. The molecule has 26 heteroatoms. The number of aromatic nitrogens is 1. The van der Waals surface area contributed by atoms with Crippen molar-refractivity contribution in [2.75, 3.05) is 38.1 Å². The highest BCUT2D eigenvalue weighted by atomic mass is 32.2. The number of pyridine rings is 1. The standard InChI is InChI=1S/C45H67N13O12S/c1-28(59)38(55-37(60)18-3-2-8-22-49-39(61)30-19-20-36(51-26-30)56-52-27-29-12-4-5-17-35(29)71(68,69)70)41(63)53-31(13-6-7-21-46)42(64)58-25-11-16-34(58)43(65)57-24-10-15-33(57)40(62)54-32(44(66)67)14-9-23-50-45(47)48/h4-5,12,17,19-20,26-28,31-34,38,59H,2-3,6-11,13-16,18,21-25,46H2,1H3,(H,49,61)(H,51,56)(H,53,63)(H,54,62)(H,55,60)(H,66,67)(H4,47,48,50)(H,68,69,70)/b52-27+. The Labute approximate surface area is 412 Å².